The molecular formula is C20H15Cl2N3O2S. The zero-order chi connectivity index (χ0) is 19.8. The number of ether oxygens (including phenoxy) is 1. The monoisotopic (exact) mass is 431 g/mol. The highest BCUT2D eigenvalue weighted by Gasteiger charge is 2.24. The van der Waals surface area contributed by atoms with Gasteiger partial charge in [0.2, 0.25) is 0 Å². The van der Waals surface area contributed by atoms with Gasteiger partial charge in [-0.3, -0.25) is 0 Å². The van der Waals surface area contributed by atoms with Crippen LogP contribution in [-0.2, 0) is 4.74 Å². The predicted molar refractivity (Wildman–Crippen MR) is 112 cm³/mol. The summed E-state index contributed by atoms with van der Waals surface area (Å²) < 4.78 is 7.51. The van der Waals surface area contributed by atoms with E-state index in [1.165, 1.54) is 11.3 Å². The summed E-state index contributed by atoms with van der Waals surface area (Å²) in [4.78, 5) is 17.9. The number of rotatable bonds is 4. The third-order valence-electron chi connectivity index (χ3n) is 4.27. The molecule has 0 saturated heterocycles. The van der Waals surface area contributed by atoms with Crippen molar-refractivity contribution in [2.45, 2.75) is 13.8 Å². The van der Waals surface area contributed by atoms with Crippen LogP contribution >= 0.6 is 34.5 Å². The Morgan fingerprint density at radius 1 is 1.18 bits per heavy atom. The molecule has 8 heteroatoms. The maximum atomic E-state index is 12.4. The van der Waals surface area contributed by atoms with Crippen LogP contribution in [0.1, 0.15) is 23.0 Å². The molecule has 0 spiro atoms. The number of benzene rings is 1. The van der Waals surface area contributed by atoms with Crippen molar-refractivity contribution in [2.75, 3.05) is 6.61 Å². The van der Waals surface area contributed by atoms with Crippen LogP contribution in [0.3, 0.4) is 0 Å². The predicted octanol–water partition coefficient (Wildman–Crippen LogP) is 5.92. The molecule has 0 N–H and O–H groups in total. The van der Waals surface area contributed by atoms with E-state index < -0.39 is 5.97 Å². The Kier molecular flexibility index (Phi) is 5.10. The average Bonchev–Trinajstić information content (AvgIpc) is 3.24. The Hall–Kier alpha value is -2.41. The lowest BCUT2D eigenvalue weighted by Crippen LogP contribution is -2.07. The minimum Gasteiger partial charge on any atom is -0.462 e. The van der Waals surface area contributed by atoms with Crippen molar-refractivity contribution in [3.63, 3.8) is 0 Å². The number of carbonyl (C=O) groups is 1. The Morgan fingerprint density at radius 2 is 1.96 bits per heavy atom. The van der Waals surface area contributed by atoms with Crippen molar-refractivity contribution in [2.24, 2.45) is 0 Å². The van der Waals surface area contributed by atoms with Crippen molar-refractivity contribution >= 4 is 46.2 Å². The van der Waals surface area contributed by atoms with Crippen LogP contribution in [0.4, 0.5) is 0 Å². The molecule has 0 unspecified atom stereocenters. The Bertz CT molecular complexity index is 1200. The molecule has 3 heterocycles. The maximum Gasteiger partial charge on any atom is 0.343 e. The highest BCUT2D eigenvalue weighted by molar-refractivity contribution is 7.19. The fourth-order valence-electron chi connectivity index (χ4n) is 3.09. The second-order valence-corrected chi connectivity index (χ2v) is 8.14. The van der Waals surface area contributed by atoms with Gasteiger partial charge >= 0.3 is 5.97 Å². The van der Waals surface area contributed by atoms with Crippen molar-refractivity contribution in [3.8, 4) is 21.7 Å². The summed E-state index contributed by atoms with van der Waals surface area (Å²) in [5, 5.41) is 5.19. The fraction of sp³-hybridized carbons (Fsp3) is 0.150. The van der Waals surface area contributed by atoms with Gasteiger partial charge in [0.1, 0.15) is 5.56 Å². The number of esters is 1. The third kappa shape index (κ3) is 3.17. The first kappa shape index (κ1) is 18.9. The standard InChI is InChI=1S/C20H15Cl2N3O2S/c1-3-27-20(26)17-11(2)24-25-18(15-8-9-16(22)28-15)13(10-23-19(17)25)12-6-4-5-7-14(12)21/h4-10H,3H2,1-2H3. The average molecular weight is 432 g/mol. The van der Waals surface area contributed by atoms with Crippen molar-refractivity contribution in [1.29, 1.82) is 0 Å². The maximum absolute atomic E-state index is 12.4. The lowest BCUT2D eigenvalue weighted by molar-refractivity contribution is 0.0527. The Labute approximate surface area is 175 Å². The summed E-state index contributed by atoms with van der Waals surface area (Å²) in [5.74, 6) is -0.442. The molecule has 142 valence electrons. The van der Waals surface area contributed by atoms with Crippen LogP contribution in [0, 0.1) is 6.92 Å². The first-order chi connectivity index (χ1) is 13.5. The number of aryl methyl sites for hydroxylation is 1. The van der Waals surface area contributed by atoms with Crippen LogP contribution in [0.15, 0.2) is 42.6 Å². The molecule has 28 heavy (non-hydrogen) atoms. The molecular weight excluding hydrogens is 417 g/mol. The van der Waals surface area contributed by atoms with Gasteiger partial charge in [0.05, 0.1) is 27.2 Å². The van der Waals surface area contributed by atoms with Crippen LogP contribution in [0.2, 0.25) is 9.36 Å². The van der Waals surface area contributed by atoms with Gasteiger partial charge in [-0.1, -0.05) is 41.4 Å². The quantitative estimate of drug-likeness (QED) is 0.376. The van der Waals surface area contributed by atoms with Gasteiger partial charge in [0, 0.05) is 22.3 Å². The van der Waals surface area contributed by atoms with Gasteiger partial charge in [-0.2, -0.15) is 5.10 Å². The van der Waals surface area contributed by atoms with E-state index >= 15 is 0 Å². The number of halogens is 2. The minimum atomic E-state index is -0.442. The van der Waals surface area contributed by atoms with E-state index in [2.05, 4.69) is 10.1 Å². The lowest BCUT2D eigenvalue weighted by Gasteiger charge is -2.12. The topological polar surface area (TPSA) is 56.5 Å². The van der Waals surface area contributed by atoms with Gasteiger partial charge in [-0.15, -0.1) is 11.3 Å². The van der Waals surface area contributed by atoms with Gasteiger partial charge in [0.15, 0.2) is 5.65 Å². The zero-order valence-corrected chi connectivity index (χ0v) is 17.4. The van der Waals surface area contributed by atoms with Gasteiger partial charge in [-0.25, -0.2) is 14.3 Å². The number of fused-ring (bicyclic) bond motifs is 1. The van der Waals surface area contributed by atoms with E-state index in [9.17, 15) is 4.79 Å². The van der Waals surface area contributed by atoms with Crippen molar-refractivity contribution in [3.05, 3.63) is 63.2 Å². The van der Waals surface area contributed by atoms with E-state index in [-0.39, 0.29) is 6.61 Å². The number of nitrogens with zero attached hydrogens (tertiary/aromatic N) is 3. The molecule has 3 aromatic heterocycles. The van der Waals surface area contributed by atoms with Crippen molar-refractivity contribution in [1.82, 2.24) is 14.6 Å². The van der Waals surface area contributed by atoms with E-state index in [1.54, 1.807) is 24.6 Å². The molecule has 0 radical (unpaired) electrons. The second-order valence-electron chi connectivity index (χ2n) is 6.02. The molecule has 0 fully saturated rings. The molecule has 0 amide bonds. The molecule has 0 aliphatic carbocycles. The number of carbonyl (C=O) groups excluding carboxylic acids is 1. The molecule has 0 saturated carbocycles. The summed E-state index contributed by atoms with van der Waals surface area (Å²) in [6, 6.07) is 11.3. The smallest absolute Gasteiger partial charge is 0.343 e. The molecule has 0 bridgehead atoms. The fourth-order valence-corrected chi connectivity index (χ4v) is 4.41. The SMILES string of the molecule is CCOC(=O)c1c(C)nn2c(-c3ccc(Cl)s3)c(-c3ccccc3Cl)cnc12. The molecule has 0 atom stereocenters. The van der Waals surface area contributed by atoms with Gasteiger partial charge in [-0.05, 0) is 32.0 Å². The molecule has 5 nitrogen and oxygen atoms in total. The highest BCUT2D eigenvalue weighted by atomic mass is 35.5. The van der Waals surface area contributed by atoms with E-state index in [0.717, 1.165) is 21.7 Å². The molecule has 0 aliphatic rings. The Morgan fingerprint density at radius 3 is 2.64 bits per heavy atom. The number of thiophene rings is 1. The van der Waals surface area contributed by atoms with Crippen LogP contribution in [0.5, 0.6) is 0 Å². The largest absolute Gasteiger partial charge is 0.462 e. The van der Waals surface area contributed by atoms with Crippen LogP contribution < -0.4 is 0 Å². The van der Waals surface area contributed by atoms with Gasteiger partial charge < -0.3 is 4.74 Å². The lowest BCUT2D eigenvalue weighted by atomic mass is 10.0. The highest BCUT2D eigenvalue weighted by Crippen LogP contribution is 2.40. The molecule has 0 aliphatic heterocycles. The molecule has 4 rings (SSSR count). The second kappa shape index (κ2) is 7.54. The van der Waals surface area contributed by atoms with Gasteiger partial charge in [0.25, 0.3) is 0 Å². The minimum absolute atomic E-state index is 0.278. The van der Waals surface area contributed by atoms with Crippen LogP contribution in [-0.4, -0.2) is 27.2 Å². The van der Waals surface area contributed by atoms with E-state index in [4.69, 9.17) is 27.9 Å². The Balaban J connectivity index is 2.07. The number of aromatic nitrogens is 3. The summed E-state index contributed by atoms with van der Waals surface area (Å²) in [6.45, 7) is 3.81. The molecule has 4 aromatic rings. The van der Waals surface area contributed by atoms with E-state index in [0.29, 0.717) is 26.3 Å². The zero-order valence-electron chi connectivity index (χ0n) is 15.1. The van der Waals surface area contributed by atoms with Crippen LogP contribution in [0.25, 0.3) is 27.3 Å². The first-order valence-corrected chi connectivity index (χ1v) is 10.1. The number of hydrogen-bond donors (Lipinski definition) is 0. The third-order valence-corrected chi connectivity index (χ3v) is 5.84. The summed E-state index contributed by atoms with van der Waals surface area (Å²) in [7, 11) is 0. The first-order valence-electron chi connectivity index (χ1n) is 8.57. The van der Waals surface area contributed by atoms with Crippen molar-refractivity contribution < 1.29 is 9.53 Å². The molecule has 1 aromatic carbocycles. The normalized spacial score (nSPS) is 11.1. The van der Waals surface area contributed by atoms with E-state index in [1.807, 2.05) is 36.4 Å². The summed E-state index contributed by atoms with van der Waals surface area (Å²) >= 11 is 14.1. The number of hydrogen-bond acceptors (Lipinski definition) is 5. The summed E-state index contributed by atoms with van der Waals surface area (Å²) in [6.07, 6.45) is 1.71. The summed E-state index contributed by atoms with van der Waals surface area (Å²) in [5.41, 5.74) is 3.74.